The molecule has 0 radical (unpaired) electrons. The number of H-pyrrole nitrogens is 1. The Morgan fingerprint density at radius 3 is 2.69 bits per heavy atom. The molecule has 8 nitrogen and oxygen atoms in total. The third-order valence-corrected chi connectivity index (χ3v) is 4.73. The lowest BCUT2D eigenvalue weighted by Crippen LogP contribution is -2.30. The van der Waals surface area contributed by atoms with Crippen LogP contribution in [0.2, 0.25) is 5.02 Å². The smallest absolute Gasteiger partial charge is 0.329 e. The summed E-state index contributed by atoms with van der Waals surface area (Å²) in [4.78, 5) is 30.6. The zero-order valence-electron chi connectivity index (χ0n) is 14.1. The number of ether oxygens (including phenoxy) is 1. The van der Waals surface area contributed by atoms with Crippen LogP contribution in [-0.2, 0) is 13.6 Å². The lowest BCUT2D eigenvalue weighted by Gasteiger charge is -2.14. The summed E-state index contributed by atoms with van der Waals surface area (Å²) in [6.45, 7) is 0.125. The van der Waals surface area contributed by atoms with Crippen LogP contribution in [0.1, 0.15) is 0 Å². The Labute approximate surface area is 157 Å². The summed E-state index contributed by atoms with van der Waals surface area (Å²) in [5, 5.41) is 11.5. The lowest BCUT2D eigenvalue weighted by molar-refractivity contribution is 0.0914. The fourth-order valence-electron chi connectivity index (χ4n) is 2.53. The molecule has 2 aromatic heterocycles. The molecular weight excluding hydrogens is 380 g/mol. The molecule has 0 saturated heterocycles. The molecule has 0 saturated carbocycles. The molecule has 0 amide bonds. The molecule has 3 rings (SSSR count). The van der Waals surface area contributed by atoms with Gasteiger partial charge >= 0.3 is 5.69 Å². The number of benzene rings is 1. The fraction of sp³-hybridized carbons (Fsp3) is 0.312. The second-order valence-corrected chi connectivity index (χ2v) is 6.83. The predicted molar refractivity (Wildman–Crippen MR) is 100 cm³/mol. The summed E-state index contributed by atoms with van der Waals surface area (Å²) in [7, 11) is 1.53. The lowest BCUT2D eigenvalue weighted by atomic mass is 10.3. The Balaban J connectivity index is 1.85. The minimum absolute atomic E-state index is 0.0266. The van der Waals surface area contributed by atoms with Crippen LogP contribution in [-0.4, -0.2) is 43.2 Å². The number of thioether (sulfide) groups is 1. The van der Waals surface area contributed by atoms with Crippen molar-refractivity contribution < 1.29 is 9.84 Å². The number of aromatic nitrogens is 4. The van der Waals surface area contributed by atoms with Crippen molar-refractivity contribution in [2.24, 2.45) is 7.05 Å². The summed E-state index contributed by atoms with van der Waals surface area (Å²) in [5.41, 5.74) is -0.566. The van der Waals surface area contributed by atoms with Gasteiger partial charge in [-0.3, -0.25) is 14.3 Å². The van der Waals surface area contributed by atoms with E-state index >= 15 is 0 Å². The number of nitrogens with zero attached hydrogens (tertiary/aromatic N) is 3. The number of nitrogens with one attached hydrogen (secondary N) is 1. The highest BCUT2D eigenvalue weighted by Gasteiger charge is 2.19. The molecule has 138 valence electrons. The van der Waals surface area contributed by atoms with Gasteiger partial charge in [-0.15, -0.1) is 0 Å². The average molecular weight is 397 g/mol. The molecule has 0 aliphatic heterocycles. The second kappa shape index (κ2) is 7.56. The van der Waals surface area contributed by atoms with Gasteiger partial charge in [0, 0.05) is 12.1 Å². The first-order valence-corrected chi connectivity index (χ1v) is 9.31. The minimum atomic E-state index is -0.884. The molecule has 2 N–H and O–H groups in total. The second-order valence-electron chi connectivity index (χ2n) is 5.62. The summed E-state index contributed by atoms with van der Waals surface area (Å²) in [6.07, 6.45) is 0.922. The van der Waals surface area contributed by atoms with Crippen molar-refractivity contribution in [1.29, 1.82) is 0 Å². The molecular formula is C16H17ClN4O4S. The third kappa shape index (κ3) is 3.64. The van der Waals surface area contributed by atoms with Crippen molar-refractivity contribution in [3.63, 3.8) is 0 Å². The van der Waals surface area contributed by atoms with Crippen LogP contribution in [0.15, 0.2) is 39.0 Å². The van der Waals surface area contributed by atoms with Crippen LogP contribution in [0, 0.1) is 0 Å². The maximum absolute atomic E-state index is 12.2. The average Bonchev–Trinajstić information content (AvgIpc) is 2.98. The highest BCUT2D eigenvalue weighted by Crippen LogP contribution is 2.20. The SMILES string of the molecule is CSc1nc2c(c(=O)[nH]c(=O)n2C)n1C[C@@H](O)COc1ccc(Cl)cc1. The maximum atomic E-state index is 12.2. The van der Waals surface area contributed by atoms with Gasteiger partial charge in [-0.2, -0.15) is 0 Å². The van der Waals surface area contributed by atoms with Gasteiger partial charge in [0.05, 0.1) is 6.54 Å². The maximum Gasteiger partial charge on any atom is 0.329 e. The van der Waals surface area contributed by atoms with Crippen LogP contribution in [0.5, 0.6) is 5.75 Å². The molecule has 0 aliphatic rings. The number of hydrogen-bond acceptors (Lipinski definition) is 6. The van der Waals surface area contributed by atoms with Crippen LogP contribution in [0.25, 0.3) is 11.2 Å². The summed E-state index contributed by atoms with van der Waals surface area (Å²) < 4.78 is 8.40. The van der Waals surface area contributed by atoms with Crippen molar-refractivity contribution in [2.45, 2.75) is 17.8 Å². The first-order valence-electron chi connectivity index (χ1n) is 7.70. The Morgan fingerprint density at radius 1 is 1.35 bits per heavy atom. The predicted octanol–water partition coefficient (Wildman–Crippen LogP) is 1.24. The van der Waals surface area contributed by atoms with Gasteiger partial charge in [0.25, 0.3) is 5.56 Å². The van der Waals surface area contributed by atoms with E-state index in [4.69, 9.17) is 16.3 Å². The van der Waals surface area contributed by atoms with Gasteiger partial charge < -0.3 is 14.4 Å². The topological polar surface area (TPSA) is 102 Å². The number of aliphatic hydroxyl groups is 1. The van der Waals surface area contributed by atoms with E-state index < -0.39 is 17.4 Å². The molecule has 2 heterocycles. The summed E-state index contributed by atoms with van der Waals surface area (Å²) in [5.74, 6) is 0.578. The number of aromatic amines is 1. The molecule has 10 heteroatoms. The number of hydrogen-bond donors (Lipinski definition) is 2. The van der Waals surface area contributed by atoms with Crippen molar-refractivity contribution in [3.8, 4) is 5.75 Å². The quantitative estimate of drug-likeness (QED) is 0.608. The largest absolute Gasteiger partial charge is 0.491 e. The van der Waals surface area contributed by atoms with E-state index in [-0.39, 0.29) is 24.3 Å². The van der Waals surface area contributed by atoms with Crippen LogP contribution in [0.4, 0.5) is 0 Å². The van der Waals surface area contributed by atoms with Crippen molar-refractivity contribution >= 4 is 34.5 Å². The van der Waals surface area contributed by atoms with Gasteiger partial charge in [-0.25, -0.2) is 9.78 Å². The Hall–Kier alpha value is -2.23. The van der Waals surface area contributed by atoms with E-state index in [0.29, 0.717) is 15.9 Å². The number of halogens is 1. The van der Waals surface area contributed by atoms with E-state index in [1.54, 1.807) is 35.1 Å². The van der Waals surface area contributed by atoms with Gasteiger partial charge in [-0.05, 0) is 30.5 Å². The molecule has 1 atom stereocenters. The van der Waals surface area contributed by atoms with E-state index in [9.17, 15) is 14.7 Å². The highest BCUT2D eigenvalue weighted by molar-refractivity contribution is 7.98. The molecule has 0 aliphatic carbocycles. The normalized spacial score (nSPS) is 12.5. The zero-order chi connectivity index (χ0) is 18.8. The van der Waals surface area contributed by atoms with E-state index in [0.717, 1.165) is 0 Å². The molecule has 0 bridgehead atoms. The monoisotopic (exact) mass is 396 g/mol. The van der Waals surface area contributed by atoms with Crippen LogP contribution in [0.3, 0.4) is 0 Å². The number of aryl methyl sites for hydroxylation is 1. The third-order valence-electron chi connectivity index (χ3n) is 3.80. The highest BCUT2D eigenvalue weighted by atomic mass is 35.5. The first-order chi connectivity index (χ1) is 12.4. The van der Waals surface area contributed by atoms with Crippen molar-refractivity contribution in [3.05, 3.63) is 50.1 Å². The Bertz CT molecular complexity index is 1040. The number of aliphatic hydroxyl groups excluding tert-OH is 1. The van der Waals surface area contributed by atoms with E-state index in [2.05, 4.69) is 9.97 Å². The number of fused-ring (bicyclic) bond motifs is 1. The molecule has 0 unspecified atom stereocenters. The number of rotatable bonds is 6. The Kier molecular flexibility index (Phi) is 5.40. The van der Waals surface area contributed by atoms with Crippen LogP contribution >= 0.6 is 23.4 Å². The fourth-order valence-corrected chi connectivity index (χ4v) is 3.22. The van der Waals surface area contributed by atoms with Gasteiger partial charge in [-0.1, -0.05) is 23.4 Å². The summed E-state index contributed by atoms with van der Waals surface area (Å²) >= 11 is 7.14. The molecule has 3 aromatic rings. The Morgan fingerprint density at radius 2 is 2.04 bits per heavy atom. The first kappa shape index (κ1) is 18.6. The van der Waals surface area contributed by atoms with Gasteiger partial charge in [0.15, 0.2) is 16.3 Å². The standard InChI is InChI=1S/C16H17ClN4O4S/c1-20-13-12(14(23)19-15(20)24)21(16(18-13)26-2)7-10(22)8-25-11-5-3-9(17)4-6-11/h3-6,10,22H,7-8H2,1-2H3,(H,19,23,24)/t10-/m1/s1. The summed E-state index contributed by atoms with van der Waals surface area (Å²) in [6, 6.07) is 6.79. The minimum Gasteiger partial charge on any atom is -0.491 e. The van der Waals surface area contributed by atoms with Crippen LogP contribution < -0.4 is 16.0 Å². The number of imidazole rings is 1. The molecule has 0 fully saturated rings. The molecule has 26 heavy (non-hydrogen) atoms. The van der Waals surface area contributed by atoms with Gasteiger partial charge in [0.1, 0.15) is 18.5 Å². The zero-order valence-corrected chi connectivity index (χ0v) is 15.7. The van der Waals surface area contributed by atoms with Gasteiger partial charge in [0.2, 0.25) is 0 Å². The van der Waals surface area contributed by atoms with E-state index in [1.807, 2.05) is 0 Å². The van der Waals surface area contributed by atoms with Crippen molar-refractivity contribution in [2.75, 3.05) is 12.9 Å². The van der Waals surface area contributed by atoms with Crippen molar-refractivity contribution in [1.82, 2.24) is 19.1 Å². The van der Waals surface area contributed by atoms with E-state index in [1.165, 1.54) is 23.4 Å². The molecule has 0 spiro atoms. The molecule has 1 aromatic carbocycles.